The predicted octanol–water partition coefficient (Wildman–Crippen LogP) is 1.14. The van der Waals surface area contributed by atoms with Gasteiger partial charge in [0.05, 0.1) is 0 Å². The van der Waals surface area contributed by atoms with E-state index < -0.39 is 0 Å². The zero-order chi connectivity index (χ0) is 11.5. The van der Waals surface area contributed by atoms with Crippen LogP contribution in [0.3, 0.4) is 0 Å². The van der Waals surface area contributed by atoms with Gasteiger partial charge in [-0.2, -0.15) is 0 Å². The summed E-state index contributed by atoms with van der Waals surface area (Å²) in [7, 11) is 0. The van der Waals surface area contributed by atoms with Gasteiger partial charge in [-0.1, -0.05) is 12.1 Å². The van der Waals surface area contributed by atoms with Crippen molar-refractivity contribution in [1.82, 2.24) is 9.55 Å². The Kier molecular flexibility index (Phi) is 3.03. The molecule has 0 saturated carbocycles. The Balaban J connectivity index is 2.30. The average Bonchev–Trinajstić information content (AvgIpc) is 2.75. The van der Waals surface area contributed by atoms with Gasteiger partial charge in [0, 0.05) is 30.7 Å². The van der Waals surface area contributed by atoms with E-state index in [0.29, 0.717) is 6.54 Å². The first kappa shape index (κ1) is 10.9. The Morgan fingerprint density at radius 3 is 2.50 bits per heavy atom. The van der Waals surface area contributed by atoms with Crippen LogP contribution in [0.4, 0.5) is 0 Å². The summed E-state index contributed by atoms with van der Waals surface area (Å²) < 4.78 is 2.03. The van der Waals surface area contributed by atoms with Gasteiger partial charge in [0.2, 0.25) is 0 Å². The summed E-state index contributed by atoms with van der Waals surface area (Å²) >= 11 is 0. The Bertz CT molecular complexity index is 458. The van der Waals surface area contributed by atoms with Crippen LogP contribution in [0.15, 0.2) is 36.7 Å². The molecule has 0 aliphatic carbocycles. The van der Waals surface area contributed by atoms with E-state index in [4.69, 9.17) is 11.5 Å². The van der Waals surface area contributed by atoms with Gasteiger partial charge in [0.15, 0.2) is 0 Å². The highest BCUT2D eigenvalue weighted by Gasteiger charge is 2.04. The van der Waals surface area contributed by atoms with Crippen LogP contribution in [0.2, 0.25) is 0 Å². The fraction of sp³-hybridized carbons (Fsp3) is 0.250. The summed E-state index contributed by atoms with van der Waals surface area (Å²) in [5.41, 5.74) is 13.5. The SMILES string of the molecule is Cc1nccn1-c1ccc([C@@H](N)CN)cc1. The van der Waals surface area contributed by atoms with Crippen LogP contribution in [-0.4, -0.2) is 16.1 Å². The van der Waals surface area contributed by atoms with E-state index in [9.17, 15) is 0 Å². The zero-order valence-electron chi connectivity index (χ0n) is 9.30. The molecule has 4 nitrogen and oxygen atoms in total. The Morgan fingerprint density at radius 1 is 1.31 bits per heavy atom. The van der Waals surface area contributed by atoms with Gasteiger partial charge < -0.3 is 16.0 Å². The maximum atomic E-state index is 5.85. The van der Waals surface area contributed by atoms with E-state index in [-0.39, 0.29) is 6.04 Å². The summed E-state index contributed by atoms with van der Waals surface area (Å²) in [5, 5.41) is 0. The first-order valence-electron chi connectivity index (χ1n) is 5.28. The molecule has 0 fully saturated rings. The molecule has 1 atom stereocenters. The molecule has 4 heteroatoms. The van der Waals surface area contributed by atoms with Crippen LogP contribution >= 0.6 is 0 Å². The zero-order valence-corrected chi connectivity index (χ0v) is 9.30. The Labute approximate surface area is 94.9 Å². The summed E-state index contributed by atoms with van der Waals surface area (Å²) in [6.07, 6.45) is 3.72. The van der Waals surface area contributed by atoms with Crippen molar-refractivity contribution in [2.75, 3.05) is 6.54 Å². The molecular weight excluding hydrogens is 200 g/mol. The summed E-state index contributed by atoms with van der Waals surface area (Å²) in [6.45, 7) is 2.43. The van der Waals surface area contributed by atoms with Gasteiger partial charge >= 0.3 is 0 Å². The minimum absolute atomic E-state index is 0.0852. The molecule has 84 valence electrons. The lowest BCUT2D eigenvalue weighted by Gasteiger charge is -2.10. The fourth-order valence-electron chi connectivity index (χ4n) is 1.67. The molecule has 0 unspecified atom stereocenters. The standard InChI is InChI=1S/C12H16N4/c1-9-15-6-7-16(9)11-4-2-10(3-5-11)12(14)8-13/h2-7,12H,8,13-14H2,1H3/t12-/m0/s1. The summed E-state index contributed by atoms with van der Waals surface area (Å²) in [5.74, 6) is 0.968. The highest BCUT2D eigenvalue weighted by atomic mass is 15.1. The maximum absolute atomic E-state index is 5.85. The number of benzene rings is 1. The third kappa shape index (κ3) is 1.98. The molecule has 0 amide bonds. The smallest absolute Gasteiger partial charge is 0.110 e. The van der Waals surface area contributed by atoms with Crippen molar-refractivity contribution in [3.05, 3.63) is 48.0 Å². The van der Waals surface area contributed by atoms with Crippen LogP contribution < -0.4 is 11.5 Å². The summed E-state index contributed by atoms with van der Waals surface area (Å²) in [6, 6.07) is 7.98. The van der Waals surface area contributed by atoms with Crippen molar-refractivity contribution >= 4 is 0 Å². The molecule has 1 aromatic carbocycles. The minimum Gasteiger partial charge on any atom is -0.329 e. The molecule has 4 N–H and O–H groups in total. The molecule has 1 heterocycles. The monoisotopic (exact) mass is 216 g/mol. The molecule has 0 saturated heterocycles. The Hall–Kier alpha value is -1.65. The second kappa shape index (κ2) is 4.47. The van der Waals surface area contributed by atoms with E-state index in [0.717, 1.165) is 17.1 Å². The van der Waals surface area contributed by atoms with Gasteiger partial charge in [-0.05, 0) is 24.6 Å². The van der Waals surface area contributed by atoms with Crippen LogP contribution in [0.25, 0.3) is 5.69 Å². The van der Waals surface area contributed by atoms with Gasteiger partial charge in [0.25, 0.3) is 0 Å². The third-order valence-corrected chi connectivity index (χ3v) is 2.68. The van der Waals surface area contributed by atoms with Crippen LogP contribution in [-0.2, 0) is 0 Å². The lowest BCUT2D eigenvalue weighted by molar-refractivity contribution is 0.736. The molecule has 0 bridgehead atoms. The second-order valence-corrected chi connectivity index (χ2v) is 3.78. The number of rotatable bonds is 3. The minimum atomic E-state index is -0.0852. The van der Waals surface area contributed by atoms with Gasteiger partial charge in [-0.25, -0.2) is 4.98 Å². The second-order valence-electron chi connectivity index (χ2n) is 3.78. The van der Waals surface area contributed by atoms with E-state index in [1.165, 1.54) is 0 Å². The average molecular weight is 216 g/mol. The number of nitrogens with zero attached hydrogens (tertiary/aromatic N) is 2. The van der Waals surface area contributed by atoms with Crippen molar-refractivity contribution in [2.45, 2.75) is 13.0 Å². The molecule has 0 radical (unpaired) electrons. The molecule has 2 rings (SSSR count). The van der Waals surface area contributed by atoms with Crippen molar-refractivity contribution in [2.24, 2.45) is 11.5 Å². The number of hydrogen-bond acceptors (Lipinski definition) is 3. The summed E-state index contributed by atoms with van der Waals surface area (Å²) in [4.78, 5) is 4.18. The topological polar surface area (TPSA) is 69.9 Å². The van der Waals surface area contributed by atoms with Crippen molar-refractivity contribution in [3.8, 4) is 5.69 Å². The normalized spacial score (nSPS) is 12.7. The number of nitrogens with two attached hydrogens (primary N) is 2. The molecular formula is C12H16N4. The van der Waals surface area contributed by atoms with Crippen LogP contribution in [0.1, 0.15) is 17.4 Å². The first-order chi connectivity index (χ1) is 7.72. The van der Waals surface area contributed by atoms with Gasteiger partial charge in [-0.15, -0.1) is 0 Å². The van der Waals surface area contributed by atoms with E-state index in [1.54, 1.807) is 6.20 Å². The number of aryl methyl sites for hydroxylation is 1. The van der Waals surface area contributed by atoms with E-state index >= 15 is 0 Å². The maximum Gasteiger partial charge on any atom is 0.110 e. The number of imidazole rings is 1. The quantitative estimate of drug-likeness (QED) is 0.808. The third-order valence-electron chi connectivity index (χ3n) is 2.68. The largest absolute Gasteiger partial charge is 0.329 e. The molecule has 0 aliphatic rings. The van der Waals surface area contributed by atoms with Gasteiger partial charge in [0.1, 0.15) is 5.82 Å². The lowest BCUT2D eigenvalue weighted by atomic mass is 10.1. The molecule has 2 aromatic rings. The van der Waals surface area contributed by atoms with Crippen molar-refractivity contribution in [1.29, 1.82) is 0 Å². The van der Waals surface area contributed by atoms with Gasteiger partial charge in [-0.3, -0.25) is 0 Å². The van der Waals surface area contributed by atoms with E-state index in [2.05, 4.69) is 4.98 Å². The highest BCUT2D eigenvalue weighted by Crippen LogP contribution is 2.14. The Morgan fingerprint density at radius 2 is 2.00 bits per heavy atom. The number of aromatic nitrogens is 2. The lowest BCUT2D eigenvalue weighted by Crippen LogP contribution is -2.20. The first-order valence-corrected chi connectivity index (χ1v) is 5.28. The van der Waals surface area contributed by atoms with E-state index in [1.807, 2.05) is 42.0 Å². The fourth-order valence-corrected chi connectivity index (χ4v) is 1.67. The van der Waals surface area contributed by atoms with Crippen LogP contribution in [0, 0.1) is 6.92 Å². The predicted molar refractivity (Wildman–Crippen MR) is 64.3 cm³/mol. The molecule has 0 spiro atoms. The van der Waals surface area contributed by atoms with Crippen LogP contribution in [0.5, 0.6) is 0 Å². The molecule has 1 aromatic heterocycles. The van der Waals surface area contributed by atoms with Crippen molar-refractivity contribution < 1.29 is 0 Å². The highest BCUT2D eigenvalue weighted by molar-refractivity contribution is 5.36. The molecule has 16 heavy (non-hydrogen) atoms. The van der Waals surface area contributed by atoms with Crippen molar-refractivity contribution in [3.63, 3.8) is 0 Å². The molecule has 0 aliphatic heterocycles. The number of hydrogen-bond donors (Lipinski definition) is 2.